The highest BCUT2D eigenvalue weighted by atomic mass is 35.5. The van der Waals surface area contributed by atoms with Gasteiger partial charge in [-0.3, -0.25) is 14.5 Å². The summed E-state index contributed by atoms with van der Waals surface area (Å²) in [5.74, 6) is -0.243. The van der Waals surface area contributed by atoms with Crippen LogP contribution in [0.15, 0.2) is 66.2 Å². The summed E-state index contributed by atoms with van der Waals surface area (Å²) in [6.07, 6.45) is 0. The lowest BCUT2D eigenvalue weighted by Crippen LogP contribution is -2.30. The Hall–Kier alpha value is -4.17. The van der Waals surface area contributed by atoms with Crippen LogP contribution in [0.2, 0.25) is 5.02 Å². The molecule has 1 N–H and O–H groups in total. The number of aliphatic hydroxyl groups excluding tert-OH is 1. The molecule has 0 spiro atoms. The maximum absolute atomic E-state index is 13.5. The fraction of sp³-hybridized carbons (Fsp3) is 0.185. The Bertz CT molecular complexity index is 1400. The van der Waals surface area contributed by atoms with Crippen LogP contribution in [-0.4, -0.2) is 44.2 Å². The second-order valence-electron chi connectivity index (χ2n) is 8.08. The van der Waals surface area contributed by atoms with Crippen LogP contribution in [0.3, 0.4) is 0 Å². The van der Waals surface area contributed by atoms with Crippen molar-refractivity contribution in [2.24, 2.45) is 0 Å². The Labute approximate surface area is 212 Å². The predicted octanol–water partition coefficient (Wildman–Crippen LogP) is 4.75. The van der Waals surface area contributed by atoms with Crippen LogP contribution in [0.25, 0.3) is 5.76 Å². The molecule has 0 bridgehead atoms. The van der Waals surface area contributed by atoms with Gasteiger partial charge in [0.1, 0.15) is 30.5 Å². The molecule has 1 fully saturated rings. The number of nitrogens with zero attached hydrogens (tertiary/aromatic N) is 1. The summed E-state index contributed by atoms with van der Waals surface area (Å²) in [5.41, 5.74) is 0.938. The molecular weight excluding hydrogens is 486 g/mol. The molecule has 0 aromatic heterocycles. The summed E-state index contributed by atoms with van der Waals surface area (Å²) in [6, 6.07) is 15.7. The van der Waals surface area contributed by atoms with Crippen LogP contribution in [-0.2, 0) is 9.59 Å². The second kappa shape index (κ2) is 9.47. The smallest absolute Gasteiger partial charge is 0.300 e. The summed E-state index contributed by atoms with van der Waals surface area (Å²) < 4.78 is 22.1. The first-order valence-electron chi connectivity index (χ1n) is 11.1. The number of ketones is 1. The van der Waals surface area contributed by atoms with Crippen molar-refractivity contribution >= 4 is 34.7 Å². The fourth-order valence-electron chi connectivity index (χ4n) is 4.43. The minimum absolute atomic E-state index is 0.130. The second-order valence-corrected chi connectivity index (χ2v) is 8.49. The van der Waals surface area contributed by atoms with E-state index in [0.717, 1.165) is 0 Å². The molecule has 36 heavy (non-hydrogen) atoms. The van der Waals surface area contributed by atoms with Crippen molar-refractivity contribution in [1.82, 2.24) is 0 Å². The Morgan fingerprint density at radius 1 is 0.972 bits per heavy atom. The van der Waals surface area contributed by atoms with Crippen molar-refractivity contribution < 1.29 is 33.6 Å². The molecular formula is C27H22ClNO7. The zero-order valence-electron chi connectivity index (χ0n) is 19.5. The number of hydrogen-bond acceptors (Lipinski definition) is 7. The van der Waals surface area contributed by atoms with Gasteiger partial charge in [0.05, 0.1) is 30.9 Å². The van der Waals surface area contributed by atoms with E-state index in [2.05, 4.69) is 0 Å². The Morgan fingerprint density at radius 3 is 2.47 bits per heavy atom. The van der Waals surface area contributed by atoms with E-state index in [9.17, 15) is 14.7 Å². The third-order valence-corrected chi connectivity index (χ3v) is 6.44. The molecule has 2 aliphatic rings. The van der Waals surface area contributed by atoms with Crippen LogP contribution in [0, 0.1) is 0 Å². The average molecular weight is 508 g/mol. The van der Waals surface area contributed by atoms with E-state index in [1.54, 1.807) is 54.6 Å². The van der Waals surface area contributed by atoms with E-state index in [1.165, 1.54) is 25.2 Å². The number of anilines is 1. The standard InChI is InChI=1S/C27H22ClNO7/c1-33-16-8-9-19(28)18(14-16)25(30)23-24(17-5-3-4-6-20(17)34-2)29(27(32)26(23)31)15-7-10-21-22(13-15)36-12-11-35-21/h3-10,13-14,24,30H,11-12H2,1-2H3/b25-23+. The number of methoxy groups -OCH3 is 2. The highest BCUT2D eigenvalue weighted by Crippen LogP contribution is 2.47. The van der Waals surface area contributed by atoms with E-state index in [-0.39, 0.29) is 16.2 Å². The van der Waals surface area contributed by atoms with Crippen LogP contribution in [0.5, 0.6) is 23.0 Å². The van der Waals surface area contributed by atoms with Gasteiger partial charge in [-0.15, -0.1) is 0 Å². The number of para-hydroxylation sites is 1. The summed E-state index contributed by atoms with van der Waals surface area (Å²) >= 11 is 6.38. The molecule has 2 heterocycles. The molecule has 1 unspecified atom stereocenters. The summed E-state index contributed by atoms with van der Waals surface area (Å²) in [7, 11) is 2.97. The van der Waals surface area contributed by atoms with Crippen LogP contribution in [0.4, 0.5) is 5.69 Å². The first-order valence-corrected chi connectivity index (χ1v) is 11.5. The summed E-state index contributed by atoms with van der Waals surface area (Å²) in [5, 5.41) is 11.6. The molecule has 0 saturated carbocycles. The lowest BCUT2D eigenvalue weighted by molar-refractivity contribution is -0.132. The van der Waals surface area contributed by atoms with E-state index in [0.29, 0.717) is 47.5 Å². The third-order valence-electron chi connectivity index (χ3n) is 6.11. The molecule has 2 aliphatic heterocycles. The number of carbonyl (C=O) groups is 2. The molecule has 8 nitrogen and oxygen atoms in total. The number of hydrogen-bond donors (Lipinski definition) is 1. The number of amides is 1. The maximum Gasteiger partial charge on any atom is 0.300 e. The van der Waals surface area contributed by atoms with Gasteiger partial charge < -0.3 is 24.1 Å². The number of halogens is 1. The van der Waals surface area contributed by atoms with Gasteiger partial charge in [-0.2, -0.15) is 0 Å². The van der Waals surface area contributed by atoms with Crippen molar-refractivity contribution in [1.29, 1.82) is 0 Å². The minimum Gasteiger partial charge on any atom is -0.507 e. The highest BCUT2D eigenvalue weighted by Gasteiger charge is 2.48. The van der Waals surface area contributed by atoms with Gasteiger partial charge in [-0.25, -0.2) is 0 Å². The van der Waals surface area contributed by atoms with Gasteiger partial charge >= 0.3 is 0 Å². The normalized spacial score (nSPS) is 18.3. The van der Waals surface area contributed by atoms with Gasteiger partial charge in [0.2, 0.25) is 0 Å². The number of carbonyl (C=O) groups excluding carboxylic acids is 2. The highest BCUT2D eigenvalue weighted by molar-refractivity contribution is 6.52. The molecule has 3 aromatic carbocycles. The fourth-order valence-corrected chi connectivity index (χ4v) is 4.63. The number of fused-ring (bicyclic) bond motifs is 1. The van der Waals surface area contributed by atoms with Crippen LogP contribution >= 0.6 is 11.6 Å². The lowest BCUT2D eigenvalue weighted by Gasteiger charge is -2.28. The molecule has 1 saturated heterocycles. The Balaban J connectivity index is 1.75. The van der Waals surface area contributed by atoms with Gasteiger partial charge in [0, 0.05) is 22.9 Å². The molecule has 9 heteroatoms. The summed E-state index contributed by atoms with van der Waals surface area (Å²) in [6.45, 7) is 0.777. The van der Waals surface area contributed by atoms with Gasteiger partial charge in [-0.05, 0) is 36.4 Å². The van der Waals surface area contributed by atoms with E-state index >= 15 is 0 Å². The summed E-state index contributed by atoms with van der Waals surface area (Å²) in [4.78, 5) is 28.3. The zero-order valence-corrected chi connectivity index (χ0v) is 20.2. The molecule has 0 radical (unpaired) electrons. The number of Topliss-reactive ketones (excluding diaryl/α,β-unsaturated/α-hetero) is 1. The predicted molar refractivity (Wildman–Crippen MR) is 133 cm³/mol. The molecule has 1 amide bonds. The van der Waals surface area contributed by atoms with E-state index in [1.807, 2.05) is 0 Å². The van der Waals surface area contributed by atoms with Crippen molar-refractivity contribution in [3.8, 4) is 23.0 Å². The Morgan fingerprint density at radius 2 is 1.72 bits per heavy atom. The molecule has 0 aliphatic carbocycles. The largest absolute Gasteiger partial charge is 0.507 e. The molecule has 1 atom stereocenters. The SMILES string of the molecule is COc1ccc(Cl)c(/C(O)=C2\C(=O)C(=O)N(c3ccc4c(c3)OCCO4)C2c2ccccc2OC)c1. The van der Waals surface area contributed by atoms with Crippen LogP contribution < -0.4 is 23.8 Å². The Kier molecular flexibility index (Phi) is 6.20. The van der Waals surface area contributed by atoms with Crippen molar-refractivity contribution in [3.05, 3.63) is 82.4 Å². The van der Waals surface area contributed by atoms with Gasteiger partial charge in [0.25, 0.3) is 11.7 Å². The van der Waals surface area contributed by atoms with Gasteiger partial charge in [-0.1, -0.05) is 29.8 Å². The first-order chi connectivity index (χ1) is 17.4. The number of benzene rings is 3. The average Bonchev–Trinajstić information content (AvgIpc) is 3.18. The number of ether oxygens (including phenoxy) is 4. The van der Waals surface area contributed by atoms with Crippen molar-refractivity contribution in [3.63, 3.8) is 0 Å². The van der Waals surface area contributed by atoms with Crippen LogP contribution in [0.1, 0.15) is 17.2 Å². The number of rotatable bonds is 5. The zero-order chi connectivity index (χ0) is 25.4. The van der Waals surface area contributed by atoms with E-state index in [4.69, 9.17) is 30.5 Å². The lowest BCUT2D eigenvalue weighted by atomic mass is 9.94. The minimum atomic E-state index is -1.01. The molecule has 5 rings (SSSR count). The monoisotopic (exact) mass is 507 g/mol. The van der Waals surface area contributed by atoms with Crippen molar-refractivity contribution in [2.45, 2.75) is 6.04 Å². The van der Waals surface area contributed by atoms with Crippen molar-refractivity contribution in [2.75, 3.05) is 32.3 Å². The maximum atomic E-state index is 13.5. The molecule has 184 valence electrons. The quantitative estimate of drug-likeness (QED) is 0.302. The number of aliphatic hydroxyl groups is 1. The topological polar surface area (TPSA) is 94.5 Å². The molecule has 3 aromatic rings. The van der Waals surface area contributed by atoms with Gasteiger partial charge in [0.15, 0.2) is 11.5 Å². The third kappa shape index (κ3) is 3.89. The van der Waals surface area contributed by atoms with E-state index < -0.39 is 23.5 Å². The first kappa shape index (κ1) is 23.6.